The van der Waals surface area contributed by atoms with Gasteiger partial charge in [0.25, 0.3) is 0 Å². The molecule has 0 unspecified atom stereocenters. The molecule has 0 radical (unpaired) electrons. The van der Waals surface area contributed by atoms with E-state index in [2.05, 4.69) is 11.1 Å². The standard InChI is InChI=1S/C12H6Cl2N2/c13-10-2-1-9(6-11(10)14)12-5-8(7-15)3-4-16-12/h1-6H. The molecule has 1 aromatic carbocycles. The molecule has 0 aliphatic rings. The Labute approximate surface area is 103 Å². The minimum atomic E-state index is 0.475. The second-order valence-electron chi connectivity index (χ2n) is 3.17. The molecule has 1 heterocycles. The highest BCUT2D eigenvalue weighted by Gasteiger charge is 2.03. The van der Waals surface area contributed by atoms with E-state index in [1.54, 1.807) is 30.5 Å². The monoisotopic (exact) mass is 248 g/mol. The molecule has 2 nitrogen and oxygen atoms in total. The fourth-order valence-electron chi connectivity index (χ4n) is 1.31. The van der Waals surface area contributed by atoms with E-state index >= 15 is 0 Å². The topological polar surface area (TPSA) is 36.7 Å². The van der Waals surface area contributed by atoms with Gasteiger partial charge < -0.3 is 0 Å². The third kappa shape index (κ3) is 2.16. The average molecular weight is 249 g/mol. The lowest BCUT2D eigenvalue weighted by molar-refractivity contribution is 1.31. The van der Waals surface area contributed by atoms with Gasteiger partial charge in [-0.25, -0.2) is 0 Å². The van der Waals surface area contributed by atoms with Gasteiger partial charge in [0.1, 0.15) is 0 Å². The first kappa shape index (κ1) is 10.9. The zero-order chi connectivity index (χ0) is 11.5. The van der Waals surface area contributed by atoms with Gasteiger partial charge in [-0.15, -0.1) is 0 Å². The van der Waals surface area contributed by atoms with Crippen molar-refractivity contribution in [3.8, 4) is 17.3 Å². The maximum atomic E-state index is 8.78. The molecule has 0 aliphatic heterocycles. The summed E-state index contributed by atoms with van der Waals surface area (Å²) in [7, 11) is 0. The number of benzene rings is 1. The second-order valence-corrected chi connectivity index (χ2v) is 3.98. The van der Waals surface area contributed by atoms with Gasteiger partial charge in [0.2, 0.25) is 0 Å². The molecule has 0 fully saturated rings. The second kappa shape index (κ2) is 4.52. The fraction of sp³-hybridized carbons (Fsp3) is 0. The minimum absolute atomic E-state index is 0.475. The Balaban J connectivity index is 2.51. The highest BCUT2D eigenvalue weighted by Crippen LogP contribution is 2.27. The number of rotatable bonds is 1. The smallest absolute Gasteiger partial charge is 0.0992 e. The largest absolute Gasteiger partial charge is 0.256 e. The first-order chi connectivity index (χ1) is 7.70. The maximum absolute atomic E-state index is 8.78. The van der Waals surface area contributed by atoms with E-state index in [-0.39, 0.29) is 0 Å². The lowest BCUT2D eigenvalue weighted by atomic mass is 10.1. The van der Waals surface area contributed by atoms with Crippen molar-refractivity contribution in [2.45, 2.75) is 0 Å². The molecule has 16 heavy (non-hydrogen) atoms. The molecule has 78 valence electrons. The highest BCUT2D eigenvalue weighted by atomic mass is 35.5. The number of hydrogen-bond donors (Lipinski definition) is 0. The van der Waals surface area contributed by atoms with Crippen molar-refractivity contribution in [3.63, 3.8) is 0 Å². The van der Waals surface area contributed by atoms with E-state index in [9.17, 15) is 0 Å². The third-order valence-electron chi connectivity index (χ3n) is 2.10. The van der Waals surface area contributed by atoms with E-state index in [4.69, 9.17) is 28.5 Å². The highest BCUT2D eigenvalue weighted by molar-refractivity contribution is 6.42. The van der Waals surface area contributed by atoms with Gasteiger partial charge in [-0.05, 0) is 24.3 Å². The zero-order valence-corrected chi connectivity index (χ0v) is 9.63. The van der Waals surface area contributed by atoms with Crippen LogP contribution in [0, 0.1) is 11.3 Å². The van der Waals surface area contributed by atoms with E-state index < -0.39 is 0 Å². The molecule has 0 spiro atoms. The summed E-state index contributed by atoms with van der Waals surface area (Å²) in [6, 6.07) is 10.7. The van der Waals surface area contributed by atoms with E-state index in [1.807, 2.05) is 6.07 Å². The van der Waals surface area contributed by atoms with Crippen molar-refractivity contribution < 1.29 is 0 Å². The summed E-state index contributed by atoms with van der Waals surface area (Å²) < 4.78 is 0. The number of nitriles is 1. The number of aromatic nitrogens is 1. The summed E-state index contributed by atoms with van der Waals surface area (Å²) in [5.41, 5.74) is 2.11. The maximum Gasteiger partial charge on any atom is 0.0992 e. The van der Waals surface area contributed by atoms with Crippen LogP contribution in [0.2, 0.25) is 10.0 Å². The first-order valence-electron chi connectivity index (χ1n) is 4.52. The number of pyridine rings is 1. The number of halogens is 2. The van der Waals surface area contributed by atoms with Gasteiger partial charge in [0.15, 0.2) is 0 Å². The number of hydrogen-bond acceptors (Lipinski definition) is 2. The lowest BCUT2D eigenvalue weighted by Crippen LogP contribution is -1.85. The quantitative estimate of drug-likeness (QED) is 0.767. The predicted octanol–water partition coefficient (Wildman–Crippen LogP) is 3.93. The van der Waals surface area contributed by atoms with E-state index in [1.165, 1.54) is 0 Å². The lowest BCUT2D eigenvalue weighted by Gasteiger charge is -2.02. The van der Waals surface area contributed by atoms with Crippen LogP contribution in [-0.4, -0.2) is 4.98 Å². The summed E-state index contributed by atoms with van der Waals surface area (Å²) in [5, 5.41) is 9.76. The molecular formula is C12H6Cl2N2. The summed E-state index contributed by atoms with van der Waals surface area (Å²) in [6.07, 6.45) is 1.59. The molecule has 0 aliphatic carbocycles. The zero-order valence-electron chi connectivity index (χ0n) is 8.11. The van der Waals surface area contributed by atoms with Gasteiger partial charge >= 0.3 is 0 Å². The van der Waals surface area contributed by atoms with E-state index in [0.29, 0.717) is 21.3 Å². The SMILES string of the molecule is N#Cc1ccnc(-c2ccc(Cl)c(Cl)c2)c1. The van der Waals surface area contributed by atoms with Crippen LogP contribution in [0.1, 0.15) is 5.56 Å². The van der Waals surface area contributed by atoms with Crippen LogP contribution in [0.15, 0.2) is 36.5 Å². The Morgan fingerprint density at radius 1 is 1.06 bits per heavy atom. The molecule has 0 N–H and O–H groups in total. The summed E-state index contributed by atoms with van der Waals surface area (Å²) >= 11 is 11.7. The van der Waals surface area contributed by atoms with Gasteiger partial charge in [-0.3, -0.25) is 4.98 Å². The van der Waals surface area contributed by atoms with Gasteiger partial charge in [0.05, 0.1) is 27.4 Å². The molecule has 1 aromatic heterocycles. The molecule has 0 amide bonds. The van der Waals surface area contributed by atoms with Crippen LogP contribution in [0.25, 0.3) is 11.3 Å². The van der Waals surface area contributed by atoms with Crippen LogP contribution in [0.4, 0.5) is 0 Å². The minimum Gasteiger partial charge on any atom is -0.256 e. The molecular weight excluding hydrogens is 243 g/mol. The Morgan fingerprint density at radius 3 is 2.56 bits per heavy atom. The molecule has 0 atom stereocenters. The van der Waals surface area contributed by atoms with Crippen LogP contribution in [0.3, 0.4) is 0 Å². The van der Waals surface area contributed by atoms with Crippen LogP contribution >= 0.6 is 23.2 Å². The van der Waals surface area contributed by atoms with Crippen molar-refractivity contribution in [2.24, 2.45) is 0 Å². The fourth-order valence-corrected chi connectivity index (χ4v) is 1.61. The number of nitrogens with zero attached hydrogens (tertiary/aromatic N) is 2. The molecule has 2 aromatic rings. The average Bonchev–Trinajstić information content (AvgIpc) is 2.33. The summed E-state index contributed by atoms with van der Waals surface area (Å²) in [6.45, 7) is 0. The summed E-state index contributed by atoms with van der Waals surface area (Å²) in [4.78, 5) is 4.18. The Morgan fingerprint density at radius 2 is 1.88 bits per heavy atom. The van der Waals surface area contributed by atoms with Crippen molar-refractivity contribution >= 4 is 23.2 Å². The van der Waals surface area contributed by atoms with Gasteiger partial charge in [0, 0.05) is 11.8 Å². The normalized spacial score (nSPS) is 9.81. The van der Waals surface area contributed by atoms with Crippen molar-refractivity contribution in [2.75, 3.05) is 0 Å². The molecule has 0 bridgehead atoms. The van der Waals surface area contributed by atoms with Crippen molar-refractivity contribution in [1.82, 2.24) is 4.98 Å². The van der Waals surface area contributed by atoms with Crippen LogP contribution in [-0.2, 0) is 0 Å². The Hall–Kier alpha value is -1.56. The van der Waals surface area contributed by atoms with Gasteiger partial charge in [-0.2, -0.15) is 5.26 Å². The van der Waals surface area contributed by atoms with Gasteiger partial charge in [-0.1, -0.05) is 29.3 Å². The van der Waals surface area contributed by atoms with Crippen LogP contribution < -0.4 is 0 Å². The Kier molecular flexibility index (Phi) is 3.09. The van der Waals surface area contributed by atoms with Crippen LogP contribution in [0.5, 0.6) is 0 Å². The van der Waals surface area contributed by atoms with E-state index in [0.717, 1.165) is 5.56 Å². The first-order valence-corrected chi connectivity index (χ1v) is 5.28. The summed E-state index contributed by atoms with van der Waals surface area (Å²) in [5.74, 6) is 0. The Bertz CT molecular complexity index is 573. The molecule has 0 saturated heterocycles. The molecule has 4 heteroatoms. The molecule has 0 saturated carbocycles. The third-order valence-corrected chi connectivity index (χ3v) is 2.84. The predicted molar refractivity (Wildman–Crippen MR) is 64.4 cm³/mol. The van der Waals surface area contributed by atoms with Crippen molar-refractivity contribution in [3.05, 3.63) is 52.1 Å². The van der Waals surface area contributed by atoms with Crippen molar-refractivity contribution in [1.29, 1.82) is 5.26 Å². The molecule has 2 rings (SSSR count).